The first-order valence-electron chi connectivity index (χ1n) is 4.92. The Morgan fingerprint density at radius 2 is 2.18 bits per heavy atom. The van der Waals surface area contributed by atoms with Crippen molar-refractivity contribution < 1.29 is 9.13 Å². The third kappa shape index (κ3) is 2.55. The summed E-state index contributed by atoms with van der Waals surface area (Å²) >= 11 is 3.26. The number of anilines is 1. The summed E-state index contributed by atoms with van der Waals surface area (Å²) in [4.78, 5) is 3.98. The summed E-state index contributed by atoms with van der Waals surface area (Å²) in [5.41, 5.74) is 6.58. The van der Waals surface area contributed by atoms with Crippen molar-refractivity contribution in [2.24, 2.45) is 0 Å². The SMILES string of the molecule is Cc1cccc(Oc2ncc(N)cc2Br)c1F. The van der Waals surface area contributed by atoms with Gasteiger partial charge in [0.05, 0.1) is 16.4 Å². The van der Waals surface area contributed by atoms with E-state index in [4.69, 9.17) is 10.5 Å². The van der Waals surface area contributed by atoms with Crippen LogP contribution in [0.5, 0.6) is 11.6 Å². The molecule has 0 radical (unpaired) electrons. The third-order valence-corrected chi connectivity index (χ3v) is 2.76. The first-order chi connectivity index (χ1) is 8.08. The first kappa shape index (κ1) is 11.9. The van der Waals surface area contributed by atoms with Crippen LogP contribution in [0, 0.1) is 12.7 Å². The zero-order valence-electron chi connectivity index (χ0n) is 9.08. The highest BCUT2D eigenvalue weighted by atomic mass is 79.9. The topological polar surface area (TPSA) is 48.1 Å². The summed E-state index contributed by atoms with van der Waals surface area (Å²) in [6, 6.07) is 6.59. The number of benzene rings is 1. The van der Waals surface area contributed by atoms with Crippen LogP contribution in [0.4, 0.5) is 10.1 Å². The van der Waals surface area contributed by atoms with Gasteiger partial charge in [-0.3, -0.25) is 0 Å². The number of hydrogen-bond donors (Lipinski definition) is 1. The number of nitrogens with two attached hydrogens (primary N) is 1. The molecular weight excluding hydrogens is 287 g/mol. The van der Waals surface area contributed by atoms with Gasteiger partial charge in [0.25, 0.3) is 0 Å². The molecule has 0 saturated carbocycles. The molecule has 0 unspecified atom stereocenters. The molecule has 88 valence electrons. The van der Waals surface area contributed by atoms with Crippen LogP contribution in [0.3, 0.4) is 0 Å². The van der Waals surface area contributed by atoms with Gasteiger partial charge in [-0.1, -0.05) is 12.1 Å². The molecule has 0 atom stereocenters. The molecule has 0 aliphatic heterocycles. The monoisotopic (exact) mass is 296 g/mol. The molecule has 5 heteroatoms. The summed E-state index contributed by atoms with van der Waals surface area (Å²) in [6.45, 7) is 1.67. The van der Waals surface area contributed by atoms with E-state index in [1.807, 2.05) is 0 Å². The fourth-order valence-electron chi connectivity index (χ4n) is 1.32. The minimum absolute atomic E-state index is 0.142. The number of rotatable bonds is 2. The lowest BCUT2D eigenvalue weighted by atomic mass is 10.2. The van der Waals surface area contributed by atoms with E-state index in [0.717, 1.165) is 0 Å². The van der Waals surface area contributed by atoms with E-state index in [0.29, 0.717) is 15.7 Å². The number of pyridine rings is 1. The Bertz CT molecular complexity index is 560. The van der Waals surface area contributed by atoms with Gasteiger partial charge in [0.1, 0.15) is 0 Å². The van der Waals surface area contributed by atoms with Crippen molar-refractivity contribution in [1.82, 2.24) is 4.98 Å². The molecule has 0 fully saturated rings. The molecule has 17 heavy (non-hydrogen) atoms. The van der Waals surface area contributed by atoms with Crippen molar-refractivity contribution >= 4 is 21.6 Å². The number of aromatic nitrogens is 1. The lowest BCUT2D eigenvalue weighted by molar-refractivity contribution is 0.423. The minimum Gasteiger partial charge on any atom is -0.435 e. The van der Waals surface area contributed by atoms with Gasteiger partial charge in [-0.15, -0.1) is 0 Å². The van der Waals surface area contributed by atoms with Gasteiger partial charge in [0.2, 0.25) is 5.88 Å². The van der Waals surface area contributed by atoms with Crippen LogP contribution in [0.15, 0.2) is 34.9 Å². The van der Waals surface area contributed by atoms with Crippen LogP contribution in [0.2, 0.25) is 0 Å². The largest absolute Gasteiger partial charge is 0.435 e. The maximum absolute atomic E-state index is 13.7. The van der Waals surface area contributed by atoms with Crippen molar-refractivity contribution in [3.05, 3.63) is 46.3 Å². The summed E-state index contributed by atoms with van der Waals surface area (Å²) in [7, 11) is 0. The molecule has 2 N–H and O–H groups in total. The summed E-state index contributed by atoms with van der Waals surface area (Å²) in [5, 5.41) is 0. The number of aryl methyl sites for hydroxylation is 1. The maximum Gasteiger partial charge on any atom is 0.233 e. The quantitative estimate of drug-likeness (QED) is 0.920. The number of hydrogen-bond acceptors (Lipinski definition) is 3. The Morgan fingerprint density at radius 1 is 1.41 bits per heavy atom. The Labute approximate surface area is 107 Å². The maximum atomic E-state index is 13.7. The number of nitrogens with zero attached hydrogens (tertiary/aromatic N) is 1. The molecule has 0 saturated heterocycles. The average molecular weight is 297 g/mol. The predicted molar refractivity (Wildman–Crippen MR) is 67.6 cm³/mol. The fourth-order valence-corrected chi connectivity index (χ4v) is 1.77. The van der Waals surface area contributed by atoms with Crippen molar-refractivity contribution in [1.29, 1.82) is 0 Å². The van der Waals surface area contributed by atoms with E-state index >= 15 is 0 Å². The van der Waals surface area contributed by atoms with Crippen LogP contribution in [-0.4, -0.2) is 4.98 Å². The Hall–Kier alpha value is -1.62. The average Bonchev–Trinajstić information content (AvgIpc) is 2.28. The van der Waals surface area contributed by atoms with E-state index in [1.165, 1.54) is 6.20 Å². The van der Waals surface area contributed by atoms with Gasteiger partial charge < -0.3 is 10.5 Å². The number of ether oxygens (including phenoxy) is 1. The van der Waals surface area contributed by atoms with Crippen LogP contribution in [-0.2, 0) is 0 Å². The molecule has 0 aliphatic carbocycles. The molecule has 1 aromatic carbocycles. The second kappa shape index (κ2) is 4.71. The van der Waals surface area contributed by atoms with Crippen molar-refractivity contribution in [2.45, 2.75) is 6.92 Å². The van der Waals surface area contributed by atoms with Crippen LogP contribution in [0.25, 0.3) is 0 Å². The summed E-state index contributed by atoms with van der Waals surface area (Å²) < 4.78 is 19.7. The van der Waals surface area contributed by atoms with Crippen LogP contribution < -0.4 is 10.5 Å². The van der Waals surface area contributed by atoms with Crippen LogP contribution in [0.1, 0.15) is 5.56 Å². The highest BCUT2D eigenvalue weighted by molar-refractivity contribution is 9.10. The second-order valence-electron chi connectivity index (χ2n) is 3.54. The van der Waals surface area contributed by atoms with Gasteiger partial charge in [-0.25, -0.2) is 9.37 Å². The standard InChI is InChI=1S/C12H10BrFN2O/c1-7-3-2-4-10(11(7)14)17-12-9(13)5-8(15)6-16-12/h2-6H,15H2,1H3. The van der Waals surface area contributed by atoms with Gasteiger partial charge in [0.15, 0.2) is 11.6 Å². The fraction of sp³-hybridized carbons (Fsp3) is 0.0833. The zero-order valence-corrected chi connectivity index (χ0v) is 10.7. The summed E-state index contributed by atoms with van der Waals surface area (Å²) in [5.74, 6) is 0.0321. The van der Waals surface area contributed by atoms with Crippen molar-refractivity contribution in [2.75, 3.05) is 5.73 Å². The van der Waals surface area contributed by atoms with Crippen LogP contribution >= 0.6 is 15.9 Å². The lowest BCUT2D eigenvalue weighted by Gasteiger charge is -2.08. The number of halogens is 2. The van der Waals surface area contributed by atoms with E-state index in [-0.39, 0.29) is 11.6 Å². The predicted octanol–water partition coefficient (Wildman–Crippen LogP) is 3.67. The van der Waals surface area contributed by atoms with Crippen molar-refractivity contribution in [3.8, 4) is 11.6 Å². The van der Waals surface area contributed by atoms with E-state index < -0.39 is 5.82 Å². The first-order valence-corrected chi connectivity index (χ1v) is 5.71. The van der Waals surface area contributed by atoms with Gasteiger partial charge >= 0.3 is 0 Å². The van der Waals surface area contributed by atoms with Gasteiger partial charge in [-0.05, 0) is 40.5 Å². The lowest BCUT2D eigenvalue weighted by Crippen LogP contribution is -1.95. The third-order valence-electron chi connectivity index (χ3n) is 2.19. The second-order valence-corrected chi connectivity index (χ2v) is 4.40. The van der Waals surface area contributed by atoms with E-state index in [9.17, 15) is 4.39 Å². The Kier molecular flexibility index (Phi) is 3.28. The molecule has 2 rings (SSSR count). The Balaban J connectivity index is 2.35. The van der Waals surface area contributed by atoms with E-state index in [2.05, 4.69) is 20.9 Å². The zero-order chi connectivity index (χ0) is 12.4. The minimum atomic E-state index is -0.391. The molecule has 1 aromatic heterocycles. The molecule has 3 nitrogen and oxygen atoms in total. The molecule has 2 aromatic rings. The molecular formula is C12H10BrFN2O. The van der Waals surface area contributed by atoms with E-state index in [1.54, 1.807) is 31.2 Å². The molecule has 0 bridgehead atoms. The normalized spacial score (nSPS) is 10.3. The van der Waals surface area contributed by atoms with Gasteiger partial charge in [-0.2, -0.15) is 0 Å². The molecule has 1 heterocycles. The van der Waals surface area contributed by atoms with Gasteiger partial charge in [0, 0.05) is 0 Å². The molecule has 0 amide bonds. The van der Waals surface area contributed by atoms with Crippen molar-refractivity contribution in [3.63, 3.8) is 0 Å². The highest BCUT2D eigenvalue weighted by Gasteiger charge is 2.10. The number of nitrogen functional groups attached to an aromatic ring is 1. The highest BCUT2D eigenvalue weighted by Crippen LogP contribution is 2.30. The molecule has 0 spiro atoms. The summed E-state index contributed by atoms with van der Waals surface area (Å²) in [6.07, 6.45) is 1.45. The smallest absolute Gasteiger partial charge is 0.233 e. The molecule has 0 aliphatic rings. The Morgan fingerprint density at radius 3 is 2.88 bits per heavy atom.